The Kier molecular flexibility index (Phi) is 3.58. The second-order valence-corrected chi connectivity index (χ2v) is 5.15. The summed E-state index contributed by atoms with van der Waals surface area (Å²) in [4.78, 5) is 17.9. The number of aromatic nitrogens is 2. The molecule has 2 aromatic rings. The van der Waals surface area contributed by atoms with Crippen LogP contribution in [-0.2, 0) is 6.42 Å². The van der Waals surface area contributed by atoms with E-state index >= 15 is 0 Å². The molecule has 1 aromatic carbocycles. The van der Waals surface area contributed by atoms with Gasteiger partial charge in [-0.15, -0.1) is 0 Å². The van der Waals surface area contributed by atoms with Gasteiger partial charge in [0.15, 0.2) is 0 Å². The third-order valence-electron chi connectivity index (χ3n) is 3.72. The molecule has 1 atom stereocenters. The lowest BCUT2D eigenvalue weighted by atomic mass is 9.87. The highest BCUT2D eigenvalue weighted by atomic mass is 19.1. The number of nitrogens with two attached hydrogens (primary N) is 1. The number of fused-ring (bicyclic) bond motifs is 1. The first-order valence-electron chi connectivity index (χ1n) is 6.86. The standard InChI is InChI=1S/C14H14FN5O2/c15-9-5-4-8-2-1-3-11(10(8)6-9)18-14-17-7-12(20(21)22)13(16)19-14/h4-7,11H,1-3H2,(H3,16,17,18,19). The smallest absolute Gasteiger partial charge is 0.329 e. The lowest BCUT2D eigenvalue weighted by Crippen LogP contribution is -2.19. The molecule has 1 aliphatic carbocycles. The molecule has 0 fully saturated rings. The van der Waals surface area contributed by atoms with Crippen LogP contribution < -0.4 is 11.1 Å². The molecule has 0 saturated heterocycles. The molecule has 0 saturated carbocycles. The predicted molar refractivity (Wildman–Crippen MR) is 78.8 cm³/mol. The molecule has 1 heterocycles. The highest BCUT2D eigenvalue weighted by Gasteiger charge is 2.22. The van der Waals surface area contributed by atoms with Gasteiger partial charge < -0.3 is 11.1 Å². The Morgan fingerprint density at radius 2 is 2.27 bits per heavy atom. The van der Waals surface area contributed by atoms with E-state index in [4.69, 9.17) is 5.73 Å². The first-order valence-corrected chi connectivity index (χ1v) is 6.86. The summed E-state index contributed by atoms with van der Waals surface area (Å²) in [5, 5.41) is 13.8. The van der Waals surface area contributed by atoms with E-state index in [1.165, 1.54) is 12.1 Å². The monoisotopic (exact) mass is 303 g/mol. The minimum absolute atomic E-state index is 0.139. The number of halogens is 1. The predicted octanol–water partition coefficient (Wildman–Crippen LogP) is 2.60. The second kappa shape index (κ2) is 5.55. The van der Waals surface area contributed by atoms with Crippen molar-refractivity contribution in [2.24, 2.45) is 0 Å². The summed E-state index contributed by atoms with van der Waals surface area (Å²) in [6.07, 6.45) is 3.73. The minimum Gasteiger partial charge on any atom is -0.378 e. The molecule has 1 unspecified atom stereocenters. The van der Waals surface area contributed by atoms with Crippen molar-refractivity contribution in [1.29, 1.82) is 0 Å². The Morgan fingerprint density at radius 3 is 3.00 bits per heavy atom. The first-order chi connectivity index (χ1) is 10.5. The Bertz CT molecular complexity index is 737. The van der Waals surface area contributed by atoms with Gasteiger partial charge in [-0.1, -0.05) is 6.07 Å². The number of nitrogens with one attached hydrogen (secondary N) is 1. The SMILES string of the molecule is Nc1nc(NC2CCCc3ccc(F)cc32)ncc1[N+](=O)[O-]. The molecular formula is C14H14FN5O2. The summed E-state index contributed by atoms with van der Waals surface area (Å²) >= 11 is 0. The van der Waals surface area contributed by atoms with E-state index in [0.717, 1.165) is 36.6 Å². The van der Waals surface area contributed by atoms with Crippen LogP contribution in [0.2, 0.25) is 0 Å². The molecule has 0 spiro atoms. The van der Waals surface area contributed by atoms with Crippen LogP contribution in [0.25, 0.3) is 0 Å². The maximum atomic E-state index is 13.5. The largest absolute Gasteiger partial charge is 0.378 e. The maximum Gasteiger partial charge on any atom is 0.329 e. The number of nitrogens with zero attached hydrogens (tertiary/aromatic N) is 3. The summed E-state index contributed by atoms with van der Waals surface area (Å²) in [6, 6.07) is 4.59. The Balaban J connectivity index is 1.87. The van der Waals surface area contributed by atoms with E-state index in [2.05, 4.69) is 15.3 Å². The molecule has 0 radical (unpaired) electrons. The van der Waals surface area contributed by atoms with Gasteiger partial charge in [-0.05, 0) is 42.5 Å². The summed E-state index contributed by atoms with van der Waals surface area (Å²) in [7, 11) is 0. The molecule has 114 valence electrons. The van der Waals surface area contributed by atoms with Gasteiger partial charge in [0.1, 0.15) is 12.0 Å². The lowest BCUT2D eigenvalue weighted by molar-refractivity contribution is -0.384. The van der Waals surface area contributed by atoms with Crippen molar-refractivity contribution >= 4 is 17.5 Å². The third kappa shape index (κ3) is 2.67. The van der Waals surface area contributed by atoms with Crippen molar-refractivity contribution in [1.82, 2.24) is 9.97 Å². The molecule has 3 rings (SSSR count). The number of anilines is 2. The third-order valence-corrected chi connectivity index (χ3v) is 3.72. The zero-order chi connectivity index (χ0) is 15.7. The number of nitro groups is 1. The zero-order valence-electron chi connectivity index (χ0n) is 11.6. The average Bonchev–Trinajstić information content (AvgIpc) is 2.47. The molecule has 0 bridgehead atoms. The molecule has 3 N–H and O–H groups in total. The Labute approximate surface area is 125 Å². The Morgan fingerprint density at radius 1 is 1.45 bits per heavy atom. The van der Waals surface area contributed by atoms with Crippen LogP contribution in [0.3, 0.4) is 0 Å². The van der Waals surface area contributed by atoms with Gasteiger partial charge in [-0.3, -0.25) is 10.1 Å². The average molecular weight is 303 g/mol. The number of benzene rings is 1. The molecule has 0 amide bonds. The number of aryl methyl sites for hydroxylation is 1. The summed E-state index contributed by atoms with van der Waals surface area (Å²) in [5.74, 6) is -0.292. The van der Waals surface area contributed by atoms with Gasteiger partial charge in [0.2, 0.25) is 11.8 Å². The Hall–Kier alpha value is -2.77. The van der Waals surface area contributed by atoms with Gasteiger partial charge in [-0.25, -0.2) is 9.37 Å². The second-order valence-electron chi connectivity index (χ2n) is 5.15. The number of rotatable bonds is 3. The van der Waals surface area contributed by atoms with E-state index in [1.807, 2.05) is 0 Å². The van der Waals surface area contributed by atoms with Crippen LogP contribution in [0.1, 0.15) is 30.0 Å². The van der Waals surface area contributed by atoms with Crippen LogP contribution in [0.4, 0.5) is 21.8 Å². The van der Waals surface area contributed by atoms with Crippen molar-refractivity contribution in [2.75, 3.05) is 11.1 Å². The highest BCUT2D eigenvalue weighted by molar-refractivity contribution is 5.53. The van der Waals surface area contributed by atoms with Gasteiger partial charge in [0, 0.05) is 0 Å². The maximum absolute atomic E-state index is 13.5. The molecule has 1 aromatic heterocycles. The highest BCUT2D eigenvalue weighted by Crippen LogP contribution is 2.32. The normalized spacial score (nSPS) is 16.9. The molecule has 0 aliphatic heterocycles. The van der Waals surface area contributed by atoms with E-state index < -0.39 is 4.92 Å². The molecule has 22 heavy (non-hydrogen) atoms. The number of hydrogen-bond donors (Lipinski definition) is 2. The fourth-order valence-corrected chi connectivity index (χ4v) is 2.67. The summed E-state index contributed by atoms with van der Waals surface area (Å²) < 4.78 is 13.5. The van der Waals surface area contributed by atoms with Crippen molar-refractivity contribution < 1.29 is 9.31 Å². The summed E-state index contributed by atoms with van der Waals surface area (Å²) in [5.41, 5.74) is 7.17. The van der Waals surface area contributed by atoms with Gasteiger partial charge >= 0.3 is 5.69 Å². The van der Waals surface area contributed by atoms with Crippen LogP contribution in [0, 0.1) is 15.9 Å². The van der Waals surface area contributed by atoms with Gasteiger partial charge in [-0.2, -0.15) is 4.98 Å². The number of hydrogen-bond acceptors (Lipinski definition) is 6. The molecule has 8 heteroatoms. The van der Waals surface area contributed by atoms with Crippen LogP contribution in [0.15, 0.2) is 24.4 Å². The van der Waals surface area contributed by atoms with Crippen molar-refractivity contribution in [3.05, 3.63) is 51.5 Å². The fourth-order valence-electron chi connectivity index (χ4n) is 2.67. The quantitative estimate of drug-likeness (QED) is 0.666. The molecule has 7 nitrogen and oxygen atoms in total. The van der Waals surface area contributed by atoms with Gasteiger partial charge in [0.25, 0.3) is 0 Å². The van der Waals surface area contributed by atoms with E-state index in [1.54, 1.807) is 6.07 Å². The molecular weight excluding hydrogens is 289 g/mol. The topological polar surface area (TPSA) is 107 Å². The van der Waals surface area contributed by atoms with Crippen molar-refractivity contribution in [3.63, 3.8) is 0 Å². The van der Waals surface area contributed by atoms with E-state index in [-0.39, 0.29) is 29.3 Å². The van der Waals surface area contributed by atoms with E-state index in [0.29, 0.717) is 0 Å². The minimum atomic E-state index is -0.635. The van der Waals surface area contributed by atoms with Crippen LogP contribution in [-0.4, -0.2) is 14.9 Å². The fraction of sp³-hybridized carbons (Fsp3) is 0.286. The van der Waals surface area contributed by atoms with Crippen molar-refractivity contribution in [2.45, 2.75) is 25.3 Å². The zero-order valence-corrected chi connectivity index (χ0v) is 11.6. The lowest BCUT2D eigenvalue weighted by Gasteiger charge is -2.26. The van der Waals surface area contributed by atoms with Gasteiger partial charge in [0.05, 0.1) is 11.0 Å². The van der Waals surface area contributed by atoms with Crippen LogP contribution >= 0.6 is 0 Å². The summed E-state index contributed by atoms with van der Waals surface area (Å²) in [6.45, 7) is 0. The van der Waals surface area contributed by atoms with E-state index in [9.17, 15) is 14.5 Å². The van der Waals surface area contributed by atoms with Crippen LogP contribution in [0.5, 0.6) is 0 Å². The first kappa shape index (κ1) is 14.2. The number of nitrogen functional groups attached to an aromatic ring is 1. The van der Waals surface area contributed by atoms with Crippen molar-refractivity contribution in [3.8, 4) is 0 Å². The molecule has 1 aliphatic rings.